The van der Waals surface area contributed by atoms with Crippen LogP contribution >= 0.6 is 0 Å². The molecule has 70 valence electrons. The van der Waals surface area contributed by atoms with E-state index in [1.165, 1.54) is 12.8 Å². The van der Waals surface area contributed by atoms with Crippen molar-refractivity contribution >= 4 is 5.91 Å². The molecule has 12 heavy (non-hydrogen) atoms. The molecular formula is C10H19NO. The molecule has 2 heteroatoms. The van der Waals surface area contributed by atoms with Gasteiger partial charge in [-0.3, -0.25) is 4.79 Å². The predicted octanol–water partition coefficient (Wildman–Crippen LogP) is 1.90. The van der Waals surface area contributed by atoms with E-state index >= 15 is 0 Å². The molecule has 0 spiro atoms. The first-order valence-electron chi connectivity index (χ1n) is 4.91. The van der Waals surface area contributed by atoms with Crippen LogP contribution in [0.4, 0.5) is 0 Å². The highest BCUT2D eigenvalue weighted by Gasteiger charge is 2.24. The van der Waals surface area contributed by atoms with Gasteiger partial charge in [-0.05, 0) is 18.8 Å². The van der Waals surface area contributed by atoms with Gasteiger partial charge in [-0.2, -0.15) is 0 Å². The number of hydrogen-bond acceptors (Lipinski definition) is 1. The third-order valence-electron chi connectivity index (χ3n) is 2.81. The zero-order valence-electron chi connectivity index (χ0n) is 8.34. The van der Waals surface area contributed by atoms with Gasteiger partial charge < -0.3 is 4.90 Å². The Bertz CT molecular complexity index is 155. The number of rotatable bonds is 2. The van der Waals surface area contributed by atoms with Crippen molar-refractivity contribution in [3.8, 4) is 0 Å². The number of amides is 1. The highest BCUT2D eigenvalue weighted by atomic mass is 16.2. The van der Waals surface area contributed by atoms with Crippen molar-refractivity contribution < 1.29 is 4.79 Å². The second-order valence-electron chi connectivity index (χ2n) is 4.07. The maximum absolute atomic E-state index is 11.7. The summed E-state index contributed by atoms with van der Waals surface area (Å²) in [6.07, 6.45) is 2.38. The molecule has 1 atom stereocenters. The molecular weight excluding hydrogens is 150 g/mol. The first-order chi connectivity index (χ1) is 5.63. The summed E-state index contributed by atoms with van der Waals surface area (Å²) in [5.41, 5.74) is 0. The Kier molecular flexibility index (Phi) is 3.12. The molecule has 1 aliphatic rings. The van der Waals surface area contributed by atoms with Crippen LogP contribution in [-0.2, 0) is 4.79 Å². The van der Waals surface area contributed by atoms with Crippen molar-refractivity contribution in [2.75, 3.05) is 13.1 Å². The summed E-state index contributed by atoms with van der Waals surface area (Å²) in [5.74, 6) is 1.02. The molecule has 1 fully saturated rings. The van der Waals surface area contributed by atoms with Crippen molar-refractivity contribution in [1.29, 1.82) is 0 Å². The van der Waals surface area contributed by atoms with Crippen LogP contribution < -0.4 is 0 Å². The van der Waals surface area contributed by atoms with Gasteiger partial charge in [-0.1, -0.05) is 20.8 Å². The Labute approximate surface area is 74.9 Å². The van der Waals surface area contributed by atoms with E-state index in [1.54, 1.807) is 0 Å². The summed E-state index contributed by atoms with van der Waals surface area (Å²) >= 11 is 0. The van der Waals surface area contributed by atoms with Gasteiger partial charge in [-0.25, -0.2) is 0 Å². The van der Waals surface area contributed by atoms with Gasteiger partial charge in [0.1, 0.15) is 0 Å². The van der Waals surface area contributed by atoms with Crippen molar-refractivity contribution in [2.45, 2.75) is 33.6 Å². The lowest BCUT2D eigenvalue weighted by molar-refractivity contribution is -0.135. The van der Waals surface area contributed by atoms with E-state index in [-0.39, 0.29) is 5.92 Å². The Balaban J connectivity index is 2.45. The average Bonchev–Trinajstić information content (AvgIpc) is 2.53. The summed E-state index contributed by atoms with van der Waals surface area (Å²) in [7, 11) is 0. The van der Waals surface area contributed by atoms with Crippen LogP contribution in [0.5, 0.6) is 0 Å². The van der Waals surface area contributed by atoms with Crippen LogP contribution in [0.1, 0.15) is 33.6 Å². The highest BCUT2D eigenvalue weighted by Crippen LogP contribution is 2.17. The molecule has 0 saturated carbocycles. The zero-order chi connectivity index (χ0) is 9.14. The number of carbonyl (C=O) groups excluding carboxylic acids is 1. The average molecular weight is 169 g/mol. The van der Waals surface area contributed by atoms with Crippen LogP contribution in [0.3, 0.4) is 0 Å². The van der Waals surface area contributed by atoms with Crippen LogP contribution in [0.2, 0.25) is 0 Å². The summed E-state index contributed by atoms with van der Waals surface area (Å²) < 4.78 is 0. The zero-order valence-corrected chi connectivity index (χ0v) is 8.34. The lowest BCUT2D eigenvalue weighted by Gasteiger charge is -2.22. The van der Waals surface area contributed by atoms with Gasteiger partial charge in [0.05, 0.1) is 0 Å². The Morgan fingerprint density at radius 1 is 1.17 bits per heavy atom. The van der Waals surface area contributed by atoms with E-state index in [4.69, 9.17) is 0 Å². The van der Waals surface area contributed by atoms with E-state index in [0.29, 0.717) is 11.8 Å². The number of likely N-dealkylation sites (tertiary alicyclic amines) is 1. The van der Waals surface area contributed by atoms with E-state index in [0.717, 1.165) is 13.1 Å². The standard InChI is InChI=1S/C10H19NO/c1-8(2)9(3)10(12)11-6-4-5-7-11/h8-9H,4-7H2,1-3H3/t9-/m0/s1. The summed E-state index contributed by atoms with van der Waals surface area (Å²) in [4.78, 5) is 13.7. The quantitative estimate of drug-likeness (QED) is 0.618. The smallest absolute Gasteiger partial charge is 0.225 e. The van der Waals surface area contributed by atoms with E-state index in [2.05, 4.69) is 13.8 Å². The molecule has 0 unspecified atom stereocenters. The van der Waals surface area contributed by atoms with Crippen molar-refractivity contribution in [3.63, 3.8) is 0 Å². The third-order valence-corrected chi connectivity index (χ3v) is 2.81. The maximum atomic E-state index is 11.7. The molecule has 0 N–H and O–H groups in total. The topological polar surface area (TPSA) is 20.3 Å². The van der Waals surface area contributed by atoms with E-state index in [1.807, 2.05) is 11.8 Å². The normalized spacial score (nSPS) is 20.2. The molecule has 0 aromatic carbocycles. The number of carbonyl (C=O) groups is 1. The number of hydrogen-bond donors (Lipinski definition) is 0. The van der Waals surface area contributed by atoms with Gasteiger partial charge in [-0.15, -0.1) is 0 Å². The largest absolute Gasteiger partial charge is 0.342 e. The van der Waals surface area contributed by atoms with Crippen LogP contribution in [0, 0.1) is 11.8 Å². The molecule has 1 heterocycles. The second kappa shape index (κ2) is 3.92. The minimum absolute atomic E-state index is 0.197. The van der Waals surface area contributed by atoms with Crippen LogP contribution in [0.25, 0.3) is 0 Å². The predicted molar refractivity (Wildman–Crippen MR) is 49.8 cm³/mol. The molecule has 1 rings (SSSR count). The third kappa shape index (κ3) is 1.99. The minimum Gasteiger partial charge on any atom is -0.342 e. The molecule has 0 bridgehead atoms. The molecule has 0 aliphatic carbocycles. The number of nitrogens with zero attached hydrogens (tertiary/aromatic N) is 1. The first kappa shape index (κ1) is 9.56. The molecule has 1 aliphatic heterocycles. The second-order valence-corrected chi connectivity index (χ2v) is 4.07. The van der Waals surface area contributed by atoms with Gasteiger partial charge in [0.15, 0.2) is 0 Å². The molecule has 1 saturated heterocycles. The SMILES string of the molecule is CC(C)[C@H](C)C(=O)N1CCCC1. The molecule has 0 aromatic rings. The Hall–Kier alpha value is -0.530. The van der Waals surface area contributed by atoms with Crippen LogP contribution in [0.15, 0.2) is 0 Å². The van der Waals surface area contributed by atoms with E-state index < -0.39 is 0 Å². The summed E-state index contributed by atoms with van der Waals surface area (Å²) in [5, 5.41) is 0. The van der Waals surface area contributed by atoms with Crippen molar-refractivity contribution in [2.24, 2.45) is 11.8 Å². The fraction of sp³-hybridized carbons (Fsp3) is 0.900. The fourth-order valence-corrected chi connectivity index (χ4v) is 1.51. The lowest BCUT2D eigenvalue weighted by Crippen LogP contribution is -2.34. The van der Waals surface area contributed by atoms with Crippen molar-refractivity contribution in [1.82, 2.24) is 4.90 Å². The fourth-order valence-electron chi connectivity index (χ4n) is 1.51. The molecule has 1 amide bonds. The highest BCUT2D eigenvalue weighted by molar-refractivity contribution is 5.78. The first-order valence-corrected chi connectivity index (χ1v) is 4.91. The molecule has 0 radical (unpaired) electrons. The molecule has 0 aromatic heterocycles. The van der Waals surface area contributed by atoms with E-state index in [9.17, 15) is 4.79 Å². The Morgan fingerprint density at radius 2 is 1.67 bits per heavy atom. The Morgan fingerprint density at radius 3 is 2.08 bits per heavy atom. The van der Waals surface area contributed by atoms with Gasteiger partial charge >= 0.3 is 0 Å². The molecule has 2 nitrogen and oxygen atoms in total. The van der Waals surface area contributed by atoms with Gasteiger partial charge in [0.2, 0.25) is 5.91 Å². The van der Waals surface area contributed by atoms with Gasteiger partial charge in [0, 0.05) is 19.0 Å². The van der Waals surface area contributed by atoms with Crippen molar-refractivity contribution in [3.05, 3.63) is 0 Å². The summed E-state index contributed by atoms with van der Waals surface area (Å²) in [6, 6.07) is 0. The summed E-state index contributed by atoms with van der Waals surface area (Å²) in [6.45, 7) is 8.22. The van der Waals surface area contributed by atoms with Gasteiger partial charge in [0.25, 0.3) is 0 Å². The maximum Gasteiger partial charge on any atom is 0.225 e. The van der Waals surface area contributed by atoms with Crippen LogP contribution in [-0.4, -0.2) is 23.9 Å². The minimum atomic E-state index is 0.197. The monoisotopic (exact) mass is 169 g/mol. The lowest BCUT2D eigenvalue weighted by atomic mass is 9.97.